The summed E-state index contributed by atoms with van der Waals surface area (Å²) in [7, 11) is 0. The van der Waals surface area contributed by atoms with Crippen molar-refractivity contribution in [2.75, 3.05) is 0 Å². The fourth-order valence-corrected chi connectivity index (χ4v) is 2.16. The Hall–Kier alpha value is -1.98. The van der Waals surface area contributed by atoms with Crippen LogP contribution in [0.25, 0.3) is 0 Å². The Bertz CT molecular complexity index is 478. The largest absolute Gasteiger partial charge is 0.481 e. The van der Waals surface area contributed by atoms with Crippen molar-refractivity contribution in [2.24, 2.45) is 5.92 Å². The number of carboxylic acid groups (broad SMARTS) is 1. The molecule has 1 amide bonds. The van der Waals surface area contributed by atoms with E-state index in [-0.39, 0.29) is 11.6 Å². The minimum absolute atomic E-state index is 0.0659. The highest BCUT2D eigenvalue weighted by molar-refractivity contribution is 5.94. The number of hydrogen-bond donors (Lipinski definition) is 2. The second-order valence-electron chi connectivity index (χ2n) is 4.37. The van der Waals surface area contributed by atoms with Crippen LogP contribution < -0.4 is 5.32 Å². The molecule has 1 aliphatic carbocycles. The minimum atomic E-state index is -0.846. The lowest BCUT2D eigenvalue weighted by Gasteiger charge is -2.12. The number of pyridine rings is 1. The first-order valence-electron chi connectivity index (χ1n) is 5.71. The molecule has 6 heteroatoms. The summed E-state index contributed by atoms with van der Waals surface area (Å²) in [6.07, 6.45) is 3.86. The van der Waals surface area contributed by atoms with Crippen LogP contribution in [0.2, 0.25) is 0 Å². The molecule has 5 nitrogen and oxygen atoms in total. The maximum Gasteiger partial charge on any atom is 0.306 e. The molecular formula is C12H13FN2O3. The second-order valence-corrected chi connectivity index (χ2v) is 4.37. The molecule has 2 rings (SSSR count). The third-order valence-corrected chi connectivity index (χ3v) is 3.13. The molecule has 0 saturated heterocycles. The average Bonchev–Trinajstić information content (AvgIpc) is 2.78. The van der Waals surface area contributed by atoms with Gasteiger partial charge < -0.3 is 10.4 Å². The lowest BCUT2D eigenvalue weighted by Crippen LogP contribution is -2.33. The number of nitrogens with zero attached hydrogens (tertiary/aromatic N) is 1. The summed E-state index contributed by atoms with van der Waals surface area (Å²) in [6, 6.07) is 1.10. The van der Waals surface area contributed by atoms with Gasteiger partial charge in [0.15, 0.2) is 5.82 Å². The van der Waals surface area contributed by atoms with E-state index >= 15 is 0 Å². The van der Waals surface area contributed by atoms with Crippen LogP contribution in [0.15, 0.2) is 18.5 Å². The smallest absolute Gasteiger partial charge is 0.306 e. The van der Waals surface area contributed by atoms with Crippen LogP contribution in [-0.2, 0) is 4.79 Å². The van der Waals surface area contributed by atoms with Crippen molar-refractivity contribution < 1.29 is 19.1 Å². The van der Waals surface area contributed by atoms with Crippen LogP contribution >= 0.6 is 0 Å². The molecule has 0 spiro atoms. The summed E-state index contributed by atoms with van der Waals surface area (Å²) in [5.74, 6) is -2.46. The highest BCUT2D eigenvalue weighted by Crippen LogP contribution is 2.25. The van der Waals surface area contributed by atoms with Gasteiger partial charge in [-0.1, -0.05) is 0 Å². The number of halogens is 1. The van der Waals surface area contributed by atoms with E-state index in [1.165, 1.54) is 12.3 Å². The normalized spacial score (nSPS) is 22.7. The molecule has 0 aliphatic heterocycles. The molecule has 2 unspecified atom stereocenters. The number of aromatic nitrogens is 1. The van der Waals surface area contributed by atoms with Gasteiger partial charge >= 0.3 is 5.97 Å². The Balaban J connectivity index is 1.97. The molecule has 0 radical (unpaired) electrons. The predicted molar refractivity (Wildman–Crippen MR) is 60.4 cm³/mol. The van der Waals surface area contributed by atoms with Gasteiger partial charge in [0.05, 0.1) is 17.7 Å². The number of amides is 1. The number of carbonyl (C=O) groups excluding carboxylic acids is 1. The zero-order valence-electron chi connectivity index (χ0n) is 9.60. The topological polar surface area (TPSA) is 79.3 Å². The van der Waals surface area contributed by atoms with Crippen LogP contribution in [-0.4, -0.2) is 28.0 Å². The third-order valence-electron chi connectivity index (χ3n) is 3.13. The molecule has 96 valence electrons. The van der Waals surface area contributed by atoms with Gasteiger partial charge in [-0.05, 0) is 25.3 Å². The summed E-state index contributed by atoms with van der Waals surface area (Å²) >= 11 is 0. The molecule has 1 aliphatic rings. The molecule has 0 bridgehead atoms. The molecule has 1 aromatic rings. The van der Waals surface area contributed by atoms with E-state index in [4.69, 9.17) is 5.11 Å². The van der Waals surface area contributed by atoms with Crippen LogP contribution in [0, 0.1) is 11.7 Å². The standard InChI is InChI=1S/C12H13FN2O3/c13-10-6-14-4-3-9(10)11(16)15-8-2-1-7(5-8)12(17)18/h3-4,6-8H,1-2,5H2,(H,15,16)(H,17,18). The second kappa shape index (κ2) is 5.12. The molecule has 18 heavy (non-hydrogen) atoms. The SMILES string of the molecule is O=C(NC1CCC(C(=O)O)C1)c1ccncc1F. The fraction of sp³-hybridized carbons (Fsp3) is 0.417. The maximum atomic E-state index is 13.3. The van der Waals surface area contributed by atoms with Gasteiger partial charge in [0.25, 0.3) is 5.91 Å². The average molecular weight is 252 g/mol. The first-order valence-corrected chi connectivity index (χ1v) is 5.71. The predicted octanol–water partition coefficient (Wildman–Crippen LogP) is 1.20. The summed E-state index contributed by atoms with van der Waals surface area (Å²) < 4.78 is 13.3. The molecule has 2 N–H and O–H groups in total. The van der Waals surface area contributed by atoms with E-state index < -0.39 is 23.6 Å². The number of carbonyl (C=O) groups is 2. The quantitative estimate of drug-likeness (QED) is 0.847. The van der Waals surface area contributed by atoms with Gasteiger partial charge in [0.2, 0.25) is 0 Å². The van der Waals surface area contributed by atoms with E-state index in [1.807, 2.05) is 0 Å². The van der Waals surface area contributed by atoms with E-state index in [9.17, 15) is 14.0 Å². The molecule has 2 atom stereocenters. The Morgan fingerprint density at radius 2 is 2.22 bits per heavy atom. The summed E-state index contributed by atoms with van der Waals surface area (Å²) in [4.78, 5) is 26.1. The molecular weight excluding hydrogens is 239 g/mol. The number of aliphatic carboxylic acids is 1. The molecule has 1 heterocycles. The number of hydrogen-bond acceptors (Lipinski definition) is 3. The highest BCUT2D eigenvalue weighted by Gasteiger charge is 2.30. The molecule has 1 aromatic heterocycles. The summed E-state index contributed by atoms with van der Waals surface area (Å²) in [6.45, 7) is 0. The lowest BCUT2D eigenvalue weighted by atomic mass is 10.1. The first-order chi connectivity index (χ1) is 8.58. The minimum Gasteiger partial charge on any atom is -0.481 e. The van der Waals surface area contributed by atoms with E-state index in [1.54, 1.807) is 0 Å². The van der Waals surface area contributed by atoms with Crippen molar-refractivity contribution in [3.8, 4) is 0 Å². The van der Waals surface area contributed by atoms with Gasteiger partial charge in [-0.3, -0.25) is 14.6 Å². The van der Waals surface area contributed by atoms with Crippen molar-refractivity contribution in [3.05, 3.63) is 29.8 Å². The van der Waals surface area contributed by atoms with Crippen molar-refractivity contribution >= 4 is 11.9 Å². The van der Waals surface area contributed by atoms with Gasteiger partial charge in [-0.25, -0.2) is 4.39 Å². The van der Waals surface area contributed by atoms with Crippen LogP contribution in [0.5, 0.6) is 0 Å². The van der Waals surface area contributed by atoms with Crippen molar-refractivity contribution in [1.82, 2.24) is 10.3 Å². The van der Waals surface area contributed by atoms with E-state index in [2.05, 4.69) is 10.3 Å². The van der Waals surface area contributed by atoms with Gasteiger partial charge in [-0.15, -0.1) is 0 Å². The van der Waals surface area contributed by atoms with Gasteiger partial charge in [-0.2, -0.15) is 0 Å². The van der Waals surface area contributed by atoms with Gasteiger partial charge in [0.1, 0.15) is 0 Å². The zero-order valence-corrected chi connectivity index (χ0v) is 9.60. The number of carboxylic acids is 1. The first kappa shape index (κ1) is 12.5. The summed E-state index contributed by atoms with van der Waals surface area (Å²) in [5.41, 5.74) is -0.0659. The highest BCUT2D eigenvalue weighted by atomic mass is 19.1. The Morgan fingerprint density at radius 3 is 2.83 bits per heavy atom. The van der Waals surface area contributed by atoms with E-state index in [0.717, 1.165) is 6.20 Å². The Morgan fingerprint density at radius 1 is 1.44 bits per heavy atom. The monoisotopic (exact) mass is 252 g/mol. The third kappa shape index (κ3) is 2.64. The zero-order chi connectivity index (χ0) is 13.1. The number of rotatable bonds is 3. The maximum absolute atomic E-state index is 13.3. The Kier molecular flexibility index (Phi) is 3.55. The van der Waals surface area contributed by atoms with Crippen molar-refractivity contribution in [3.63, 3.8) is 0 Å². The summed E-state index contributed by atoms with van der Waals surface area (Å²) in [5, 5.41) is 11.5. The van der Waals surface area contributed by atoms with Crippen LogP contribution in [0.4, 0.5) is 4.39 Å². The fourth-order valence-electron chi connectivity index (χ4n) is 2.16. The Labute approximate surface area is 103 Å². The lowest BCUT2D eigenvalue weighted by molar-refractivity contribution is -0.141. The van der Waals surface area contributed by atoms with Crippen molar-refractivity contribution in [1.29, 1.82) is 0 Å². The van der Waals surface area contributed by atoms with Crippen LogP contribution in [0.1, 0.15) is 29.6 Å². The molecule has 1 saturated carbocycles. The molecule has 0 aromatic carbocycles. The van der Waals surface area contributed by atoms with Crippen molar-refractivity contribution in [2.45, 2.75) is 25.3 Å². The van der Waals surface area contributed by atoms with E-state index in [0.29, 0.717) is 19.3 Å². The van der Waals surface area contributed by atoms with Gasteiger partial charge in [0, 0.05) is 12.2 Å². The van der Waals surface area contributed by atoms with Crippen LogP contribution in [0.3, 0.4) is 0 Å². The number of nitrogens with one attached hydrogen (secondary N) is 1. The molecule has 1 fully saturated rings.